The van der Waals surface area contributed by atoms with Gasteiger partial charge in [-0.05, 0) is 55.2 Å². The predicted molar refractivity (Wildman–Crippen MR) is 89.9 cm³/mol. The minimum Gasteiger partial charge on any atom is -0.294 e. The molecule has 3 amide bonds. The second-order valence-electron chi connectivity index (χ2n) is 7.46. The zero-order valence-corrected chi connectivity index (χ0v) is 13.8. The van der Waals surface area contributed by atoms with Crippen molar-refractivity contribution in [2.75, 3.05) is 0 Å². The summed E-state index contributed by atoms with van der Waals surface area (Å²) < 4.78 is 15.0. The number of nitrogens with zero attached hydrogens (tertiary/aromatic N) is 3. The Balaban J connectivity index is 1.50. The van der Waals surface area contributed by atoms with Gasteiger partial charge >= 0.3 is 6.03 Å². The molecule has 1 aromatic carbocycles. The van der Waals surface area contributed by atoms with E-state index in [1.165, 1.54) is 12.1 Å². The van der Waals surface area contributed by atoms with Crippen LogP contribution < -0.4 is 5.32 Å². The molecule has 3 fully saturated rings. The molecule has 2 aromatic rings. The Morgan fingerprint density at radius 3 is 2.77 bits per heavy atom. The Labute approximate surface area is 148 Å². The summed E-state index contributed by atoms with van der Waals surface area (Å²) in [6, 6.07) is 5.94. The van der Waals surface area contributed by atoms with Crippen LogP contribution in [0.4, 0.5) is 9.18 Å². The average Bonchev–Trinajstić information content (AvgIpc) is 2.89. The van der Waals surface area contributed by atoms with Crippen LogP contribution >= 0.6 is 0 Å². The fraction of sp³-hybridized carbons (Fsp3) is 0.316. The van der Waals surface area contributed by atoms with Crippen LogP contribution in [0.5, 0.6) is 0 Å². The zero-order chi connectivity index (χ0) is 17.7. The van der Waals surface area contributed by atoms with Gasteiger partial charge in [-0.2, -0.15) is 5.10 Å². The molecular weight excluding hydrogens is 335 g/mol. The second-order valence-corrected chi connectivity index (χ2v) is 7.46. The number of hydrogen-bond acceptors (Lipinski definition) is 3. The van der Waals surface area contributed by atoms with Crippen LogP contribution in [0.1, 0.15) is 30.5 Å². The van der Waals surface area contributed by atoms with Gasteiger partial charge in [0.25, 0.3) is 5.91 Å². The van der Waals surface area contributed by atoms with E-state index in [0.29, 0.717) is 12.8 Å². The number of rotatable bonds is 1. The molecule has 1 N–H and O–H groups in total. The first-order valence-corrected chi connectivity index (χ1v) is 8.78. The maximum Gasteiger partial charge on any atom is 0.325 e. The summed E-state index contributed by atoms with van der Waals surface area (Å²) in [6.07, 6.45) is 6.94. The topological polar surface area (TPSA) is 67.0 Å². The zero-order valence-electron chi connectivity index (χ0n) is 13.8. The molecule has 2 aliphatic heterocycles. The van der Waals surface area contributed by atoms with Gasteiger partial charge in [-0.3, -0.25) is 15.0 Å². The molecule has 0 radical (unpaired) electrons. The highest BCUT2D eigenvalue weighted by Gasteiger charge is 2.86. The molecule has 26 heavy (non-hydrogen) atoms. The average molecular weight is 350 g/mol. The summed E-state index contributed by atoms with van der Waals surface area (Å²) in [5.74, 6) is -0.452. The van der Waals surface area contributed by atoms with Crippen LogP contribution in [0, 0.1) is 5.82 Å². The van der Waals surface area contributed by atoms with Gasteiger partial charge in [0.2, 0.25) is 0 Å². The highest BCUT2D eigenvalue weighted by Crippen LogP contribution is 2.67. The van der Waals surface area contributed by atoms with Crippen LogP contribution in [-0.4, -0.2) is 37.7 Å². The van der Waals surface area contributed by atoms with Gasteiger partial charge in [-0.15, -0.1) is 0 Å². The summed E-state index contributed by atoms with van der Waals surface area (Å²) >= 11 is 0. The number of benzene rings is 1. The number of halogens is 1. The Kier molecular flexibility index (Phi) is 2.31. The summed E-state index contributed by atoms with van der Waals surface area (Å²) in [5.41, 5.74) is 2.67. The third kappa shape index (κ3) is 1.35. The van der Waals surface area contributed by atoms with Gasteiger partial charge in [-0.1, -0.05) is 0 Å². The van der Waals surface area contributed by atoms with Crippen molar-refractivity contribution >= 4 is 18.0 Å². The molecule has 2 atom stereocenters. The van der Waals surface area contributed by atoms with Gasteiger partial charge in [0.05, 0.1) is 17.6 Å². The van der Waals surface area contributed by atoms with E-state index in [1.54, 1.807) is 27.9 Å². The van der Waals surface area contributed by atoms with Crippen molar-refractivity contribution in [3.8, 4) is 5.69 Å². The smallest absolute Gasteiger partial charge is 0.294 e. The molecule has 130 valence electrons. The molecule has 4 aliphatic rings. The number of fused-ring (bicyclic) bond motifs is 1. The minimum absolute atomic E-state index is 0.164. The molecule has 6 nitrogen and oxygen atoms in total. The number of urea groups is 1. The summed E-state index contributed by atoms with van der Waals surface area (Å²) in [5, 5.41) is 6.94. The van der Waals surface area contributed by atoms with E-state index in [2.05, 4.69) is 16.5 Å². The third-order valence-corrected chi connectivity index (χ3v) is 6.43. The summed E-state index contributed by atoms with van der Waals surface area (Å²) in [6.45, 7) is 0. The number of hydrogen-bond donors (Lipinski definition) is 1. The quantitative estimate of drug-likeness (QED) is 0.633. The van der Waals surface area contributed by atoms with Crippen LogP contribution in [0.15, 0.2) is 36.0 Å². The summed E-state index contributed by atoms with van der Waals surface area (Å²) in [4.78, 5) is 26.6. The molecule has 0 bridgehead atoms. The van der Waals surface area contributed by atoms with E-state index in [4.69, 9.17) is 0 Å². The van der Waals surface area contributed by atoms with Crippen molar-refractivity contribution in [2.45, 2.75) is 36.8 Å². The van der Waals surface area contributed by atoms with E-state index in [0.717, 1.165) is 35.4 Å². The van der Waals surface area contributed by atoms with Gasteiger partial charge < -0.3 is 0 Å². The van der Waals surface area contributed by atoms with Crippen LogP contribution in [0.2, 0.25) is 0 Å². The van der Waals surface area contributed by atoms with Crippen molar-refractivity contribution in [3.05, 3.63) is 53.1 Å². The molecule has 2 saturated heterocycles. The fourth-order valence-corrected chi connectivity index (χ4v) is 5.37. The first-order valence-electron chi connectivity index (χ1n) is 8.78. The SMILES string of the molecule is O=C1NC(=O)[C@@]23CCCC4=Cc5c(cnn5-c5ccc(F)cc5)C[C@@]42N13. The number of aromatic nitrogens is 2. The monoisotopic (exact) mass is 350 g/mol. The molecule has 1 aromatic heterocycles. The lowest BCUT2D eigenvalue weighted by atomic mass is 9.70. The van der Waals surface area contributed by atoms with E-state index >= 15 is 0 Å². The van der Waals surface area contributed by atoms with Crippen LogP contribution in [0.25, 0.3) is 11.8 Å². The molecule has 0 unspecified atom stereocenters. The number of imide groups is 1. The second kappa shape index (κ2) is 4.23. The summed E-state index contributed by atoms with van der Waals surface area (Å²) in [7, 11) is 0. The Bertz CT molecular complexity index is 1040. The Hall–Kier alpha value is -2.96. The molecule has 7 heteroatoms. The van der Waals surface area contributed by atoms with E-state index in [9.17, 15) is 14.0 Å². The number of carbonyl (C=O) groups excluding carboxylic acids is 2. The first kappa shape index (κ1) is 14.2. The normalized spacial score (nSPS) is 30.8. The lowest BCUT2D eigenvalue weighted by Crippen LogP contribution is -2.47. The highest BCUT2D eigenvalue weighted by molar-refractivity contribution is 6.15. The predicted octanol–water partition coefficient (Wildman–Crippen LogP) is 2.18. The van der Waals surface area contributed by atoms with Gasteiger partial charge in [0.15, 0.2) is 5.54 Å². The molecule has 3 heterocycles. The molecule has 6 rings (SSSR count). The molecule has 2 spiro atoms. The van der Waals surface area contributed by atoms with Crippen LogP contribution in [0.3, 0.4) is 0 Å². The number of carbonyl (C=O) groups is 2. The largest absolute Gasteiger partial charge is 0.325 e. The lowest BCUT2D eigenvalue weighted by Gasteiger charge is -2.32. The number of nitrogens with one attached hydrogen (secondary N) is 1. The molecule has 2 aliphatic carbocycles. The minimum atomic E-state index is -0.705. The number of amides is 3. The van der Waals surface area contributed by atoms with Gasteiger partial charge in [0.1, 0.15) is 11.4 Å². The Morgan fingerprint density at radius 1 is 1.15 bits per heavy atom. The van der Waals surface area contributed by atoms with Crippen molar-refractivity contribution in [3.63, 3.8) is 0 Å². The van der Waals surface area contributed by atoms with Crippen molar-refractivity contribution in [1.29, 1.82) is 0 Å². The van der Waals surface area contributed by atoms with Crippen LogP contribution in [-0.2, 0) is 11.2 Å². The van der Waals surface area contributed by atoms with Crippen molar-refractivity contribution < 1.29 is 14.0 Å². The van der Waals surface area contributed by atoms with Gasteiger partial charge in [-0.25, -0.2) is 13.9 Å². The maximum atomic E-state index is 13.2. The molecular formula is C19H15FN4O2. The first-order chi connectivity index (χ1) is 12.6. The molecule has 1 saturated carbocycles. The van der Waals surface area contributed by atoms with Crippen molar-refractivity contribution in [1.82, 2.24) is 20.0 Å². The Morgan fingerprint density at radius 2 is 1.96 bits per heavy atom. The van der Waals surface area contributed by atoms with E-state index < -0.39 is 11.1 Å². The fourth-order valence-electron chi connectivity index (χ4n) is 5.37. The standard InChI is InChI=1S/C19H15FN4O2/c20-13-3-5-14(6-4-13)23-15-8-12-2-1-7-18-16(25)22-17(26)24(18)19(12,18)9-11(15)10-21-23/h3-6,8,10H,1-2,7,9H2,(H,22,25,26)/t18-,19+,24?/m0/s1. The van der Waals surface area contributed by atoms with Gasteiger partial charge in [0, 0.05) is 12.0 Å². The van der Waals surface area contributed by atoms with Crippen molar-refractivity contribution in [2.24, 2.45) is 0 Å². The maximum absolute atomic E-state index is 13.2. The van der Waals surface area contributed by atoms with E-state index in [-0.39, 0.29) is 17.8 Å². The highest BCUT2D eigenvalue weighted by atomic mass is 19.1. The third-order valence-electron chi connectivity index (χ3n) is 6.43. The van der Waals surface area contributed by atoms with E-state index in [1.807, 2.05) is 0 Å². The lowest BCUT2D eigenvalue weighted by molar-refractivity contribution is -0.122.